The van der Waals surface area contributed by atoms with Crippen molar-refractivity contribution in [3.05, 3.63) is 52.1 Å². The topological polar surface area (TPSA) is 46.5 Å². The Balaban J connectivity index is 1.68. The van der Waals surface area contributed by atoms with Gasteiger partial charge in [0.2, 0.25) is 17.4 Å². The third-order valence-corrected chi connectivity index (χ3v) is 9.60. The van der Waals surface area contributed by atoms with E-state index in [0.29, 0.717) is 11.7 Å². The van der Waals surface area contributed by atoms with Crippen LogP contribution >= 0.6 is 0 Å². The van der Waals surface area contributed by atoms with E-state index in [4.69, 9.17) is 4.74 Å². The molecule has 0 heterocycles. The largest absolute Gasteiger partial charge is 0.450 e. The van der Waals surface area contributed by atoms with Crippen molar-refractivity contribution in [1.82, 2.24) is 0 Å². The number of hydrogen-bond acceptors (Lipinski definition) is 2. The molecular formula is C30H36F4O3S. The van der Waals surface area contributed by atoms with Crippen LogP contribution in [-0.2, 0) is 11.1 Å². The molecule has 3 fully saturated rings. The Labute approximate surface area is 224 Å². The summed E-state index contributed by atoms with van der Waals surface area (Å²) in [7, 11) is 0. The van der Waals surface area contributed by atoms with Crippen LogP contribution in [0.4, 0.5) is 17.6 Å². The molecule has 0 bridgehead atoms. The Morgan fingerprint density at radius 3 is 1.39 bits per heavy atom. The number of ether oxygens (including phenoxy) is 1. The van der Waals surface area contributed by atoms with Gasteiger partial charge < -0.3 is 9.29 Å². The smallest absolute Gasteiger partial charge is 0.205 e. The fourth-order valence-electron chi connectivity index (χ4n) is 6.86. The first kappa shape index (κ1) is 27.6. The van der Waals surface area contributed by atoms with Crippen LogP contribution in [0.15, 0.2) is 17.0 Å². The number of benzene rings is 2. The minimum absolute atomic E-state index is 0.134. The Kier molecular flexibility index (Phi) is 8.78. The van der Waals surface area contributed by atoms with Crippen molar-refractivity contribution in [3.63, 3.8) is 0 Å². The first-order chi connectivity index (χ1) is 18.4. The van der Waals surface area contributed by atoms with E-state index in [1.54, 1.807) is 0 Å². The summed E-state index contributed by atoms with van der Waals surface area (Å²) < 4.78 is 86.1. The molecule has 3 saturated carbocycles. The number of halogens is 4. The predicted molar refractivity (Wildman–Crippen MR) is 139 cm³/mol. The molecule has 0 spiro atoms. The lowest BCUT2D eigenvalue weighted by molar-refractivity contribution is 0.337. The van der Waals surface area contributed by atoms with Crippen molar-refractivity contribution in [3.8, 4) is 11.5 Å². The van der Waals surface area contributed by atoms with Gasteiger partial charge in [0.15, 0.2) is 22.7 Å². The second-order valence-corrected chi connectivity index (χ2v) is 12.2. The van der Waals surface area contributed by atoms with Crippen molar-refractivity contribution < 1.29 is 31.1 Å². The van der Waals surface area contributed by atoms with E-state index in [1.165, 1.54) is 24.8 Å². The van der Waals surface area contributed by atoms with E-state index < -0.39 is 45.0 Å². The summed E-state index contributed by atoms with van der Waals surface area (Å²) in [4.78, 5) is -1.54. The third kappa shape index (κ3) is 5.53. The van der Waals surface area contributed by atoms with Crippen molar-refractivity contribution >= 4 is 11.1 Å². The third-order valence-electron chi connectivity index (χ3n) is 8.90. The normalized spacial score (nSPS) is 21.0. The van der Waals surface area contributed by atoms with Gasteiger partial charge in [-0.25, -0.2) is 13.0 Å². The Bertz CT molecular complexity index is 1110. The quantitative estimate of drug-likeness (QED) is 0.220. The Hall–Kier alpha value is -1.93. The lowest BCUT2D eigenvalue weighted by Crippen LogP contribution is -2.15. The molecule has 5 rings (SSSR count). The van der Waals surface area contributed by atoms with Crippen LogP contribution in [0.1, 0.15) is 131 Å². The van der Waals surface area contributed by atoms with Gasteiger partial charge in [-0.2, -0.15) is 8.78 Å². The molecule has 0 radical (unpaired) electrons. The molecule has 0 aromatic heterocycles. The van der Waals surface area contributed by atoms with Gasteiger partial charge in [0.25, 0.3) is 0 Å². The van der Waals surface area contributed by atoms with E-state index in [9.17, 15) is 17.5 Å². The van der Waals surface area contributed by atoms with Gasteiger partial charge in [-0.3, -0.25) is 0 Å². The van der Waals surface area contributed by atoms with E-state index >= 15 is 8.78 Å². The molecule has 2 aromatic rings. The van der Waals surface area contributed by atoms with Gasteiger partial charge in [0.1, 0.15) is 10.6 Å². The van der Waals surface area contributed by atoms with Crippen LogP contribution in [0.25, 0.3) is 0 Å². The highest BCUT2D eigenvalue weighted by Gasteiger charge is 2.34. The molecule has 3 nitrogen and oxygen atoms in total. The first-order valence-electron chi connectivity index (χ1n) is 14.2. The summed E-state index contributed by atoms with van der Waals surface area (Å²) >= 11 is -3.24. The van der Waals surface area contributed by atoms with Crippen LogP contribution in [0, 0.1) is 23.3 Å². The number of hydrogen-bond donors (Lipinski definition) is 1. The van der Waals surface area contributed by atoms with Gasteiger partial charge in [-0.1, -0.05) is 69.9 Å². The molecule has 1 atom stereocenters. The molecule has 2 aromatic carbocycles. The molecule has 0 amide bonds. The van der Waals surface area contributed by atoms with Crippen molar-refractivity contribution in [2.45, 2.75) is 119 Å². The fraction of sp³-hybridized carbons (Fsp3) is 0.600. The Morgan fingerprint density at radius 1 is 0.605 bits per heavy atom. The van der Waals surface area contributed by atoms with Gasteiger partial charge in [0, 0.05) is 0 Å². The molecule has 0 aliphatic heterocycles. The van der Waals surface area contributed by atoms with E-state index in [2.05, 4.69) is 12.1 Å². The van der Waals surface area contributed by atoms with Crippen LogP contribution in [0.2, 0.25) is 0 Å². The van der Waals surface area contributed by atoms with Crippen LogP contribution in [0.5, 0.6) is 11.5 Å². The minimum atomic E-state index is -3.24. The van der Waals surface area contributed by atoms with E-state index in [0.717, 1.165) is 88.2 Å². The van der Waals surface area contributed by atoms with Crippen LogP contribution in [-0.4, -0.2) is 8.76 Å². The highest BCUT2D eigenvalue weighted by Crippen LogP contribution is 2.49. The lowest BCUT2D eigenvalue weighted by atomic mass is 9.75. The molecule has 1 unspecified atom stereocenters. The fourth-order valence-corrected chi connectivity index (χ4v) is 7.34. The maximum atomic E-state index is 15.1. The maximum Gasteiger partial charge on any atom is 0.205 e. The van der Waals surface area contributed by atoms with Crippen molar-refractivity contribution in [1.29, 1.82) is 0 Å². The predicted octanol–water partition coefficient (Wildman–Crippen LogP) is 9.76. The zero-order chi connectivity index (χ0) is 26.8. The average molecular weight is 553 g/mol. The first-order valence-corrected chi connectivity index (χ1v) is 15.3. The SMILES string of the molecule is O=S(O)c1c(F)c(F)c(Oc2c(C3CCCCC3)cc(C3CCCCC3)cc2C2CCCCC2)c(F)c1F. The summed E-state index contributed by atoms with van der Waals surface area (Å²) in [6.07, 6.45) is 15.9. The summed E-state index contributed by atoms with van der Waals surface area (Å²) in [5.74, 6) is -7.57. The summed E-state index contributed by atoms with van der Waals surface area (Å²) in [6.45, 7) is 0. The average Bonchev–Trinajstić information content (AvgIpc) is 2.95. The molecule has 3 aliphatic rings. The van der Waals surface area contributed by atoms with E-state index in [-0.39, 0.29) is 11.8 Å². The summed E-state index contributed by atoms with van der Waals surface area (Å²) in [5.41, 5.74) is 2.99. The second kappa shape index (κ2) is 12.1. The van der Waals surface area contributed by atoms with Gasteiger partial charge in [-0.05, 0) is 73.0 Å². The van der Waals surface area contributed by atoms with Gasteiger partial charge >= 0.3 is 0 Å². The second-order valence-electron chi connectivity index (χ2n) is 11.3. The molecule has 208 valence electrons. The molecular weight excluding hydrogens is 516 g/mol. The minimum Gasteiger partial charge on any atom is -0.450 e. The molecule has 3 aliphatic carbocycles. The van der Waals surface area contributed by atoms with Gasteiger partial charge in [0.05, 0.1) is 0 Å². The van der Waals surface area contributed by atoms with Crippen LogP contribution < -0.4 is 4.74 Å². The molecule has 1 N–H and O–H groups in total. The summed E-state index contributed by atoms with van der Waals surface area (Å²) in [5, 5.41) is 0. The molecule has 8 heteroatoms. The highest BCUT2D eigenvalue weighted by molar-refractivity contribution is 7.79. The maximum absolute atomic E-state index is 15.1. The van der Waals surface area contributed by atoms with E-state index in [1.807, 2.05) is 0 Å². The molecule has 0 saturated heterocycles. The van der Waals surface area contributed by atoms with Gasteiger partial charge in [-0.15, -0.1) is 0 Å². The van der Waals surface area contributed by atoms with Crippen molar-refractivity contribution in [2.24, 2.45) is 0 Å². The monoisotopic (exact) mass is 552 g/mol. The number of rotatable bonds is 6. The zero-order valence-electron chi connectivity index (χ0n) is 21.7. The zero-order valence-corrected chi connectivity index (χ0v) is 22.5. The highest BCUT2D eigenvalue weighted by atomic mass is 32.2. The van der Waals surface area contributed by atoms with Crippen molar-refractivity contribution in [2.75, 3.05) is 0 Å². The lowest BCUT2D eigenvalue weighted by Gasteiger charge is -2.32. The van der Waals surface area contributed by atoms with Crippen LogP contribution in [0.3, 0.4) is 0 Å². The molecule has 38 heavy (non-hydrogen) atoms. The summed E-state index contributed by atoms with van der Waals surface area (Å²) in [6, 6.07) is 4.26. The Morgan fingerprint density at radius 2 is 1.00 bits per heavy atom. The standard InChI is InChI=1S/C30H36F4O3S/c31-24-26(33)30(38(35)36)27(34)25(32)29(24)37-28-22(19-12-6-2-7-13-19)16-21(18-10-4-1-5-11-18)17-23(28)20-14-8-3-9-15-20/h16-20H,1-15H2,(H,35,36).